The predicted octanol–water partition coefficient (Wildman–Crippen LogP) is 4.10. The maximum atomic E-state index is 6.11. The molecular formula is C13H14ClN3S. The highest BCUT2D eigenvalue weighted by Crippen LogP contribution is 2.31. The van der Waals surface area contributed by atoms with Crippen molar-refractivity contribution < 1.29 is 0 Å². The van der Waals surface area contributed by atoms with E-state index in [4.69, 9.17) is 11.6 Å². The number of benzene rings is 1. The highest BCUT2D eigenvalue weighted by molar-refractivity contribution is 7.99. The zero-order valence-electron chi connectivity index (χ0n) is 10.1. The molecule has 1 N–H and O–H groups in total. The van der Waals surface area contributed by atoms with Crippen LogP contribution in [-0.2, 0) is 0 Å². The van der Waals surface area contributed by atoms with E-state index in [1.807, 2.05) is 24.3 Å². The molecule has 1 aromatic carbocycles. The van der Waals surface area contributed by atoms with Crippen LogP contribution in [0.4, 0.5) is 5.82 Å². The zero-order chi connectivity index (χ0) is 12.8. The van der Waals surface area contributed by atoms with Crippen LogP contribution in [0, 0.1) is 0 Å². The van der Waals surface area contributed by atoms with E-state index in [1.54, 1.807) is 12.4 Å². The van der Waals surface area contributed by atoms with Gasteiger partial charge in [-0.25, -0.2) is 4.98 Å². The van der Waals surface area contributed by atoms with Crippen molar-refractivity contribution >= 4 is 29.2 Å². The second-order valence-electron chi connectivity index (χ2n) is 3.70. The maximum Gasteiger partial charge on any atom is 0.145 e. The fourth-order valence-electron chi connectivity index (χ4n) is 1.38. The summed E-state index contributed by atoms with van der Waals surface area (Å²) in [5, 5.41) is 4.79. The number of rotatable bonds is 5. The molecule has 1 aromatic heterocycles. The number of nitrogens with one attached hydrogen (secondary N) is 1. The van der Waals surface area contributed by atoms with E-state index in [2.05, 4.69) is 22.2 Å². The Morgan fingerprint density at radius 2 is 2.11 bits per heavy atom. The molecule has 0 atom stereocenters. The van der Waals surface area contributed by atoms with E-state index < -0.39 is 0 Å². The van der Waals surface area contributed by atoms with Crippen molar-refractivity contribution in [2.24, 2.45) is 0 Å². The molecule has 0 saturated heterocycles. The van der Waals surface area contributed by atoms with Crippen molar-refractivity contribution in [2.75, 3.05) is 11.9 Å². The van der Waals surface area contributed by atoms with Gasteiger partial charge in [-0.3, -0.25) is 4.98 Å². The first-order valence-corrected chi connectivity index (χ1v) is 6.97. The molecule has 0 saturated carbocycles. The minimum absolute atomic E-state index is 0.733. The molecule has 5 heteroatoms. The van der Waals surface area contributed by atoms with Crippen LogP contribution in [-0.4, -0.2) is 16.5 Å². The fraction of sp³-hybridized carbons (Fsp3) is 0.231. The largest absolute Gasteiger partial charge is 0.369 e. The number of halogens is 1. The van der Waals surface area contributed by atoms with E-state index in [0.717, 1.165) is 33.7 Å². The monoisotopic (exact) mass is 279 g/mol. The maximum absolute atomic E-state index is 6.11. The van der Waals surface area contributed by atoms with Gasteiger partial charge in [0.2, 0.25) is 0 Å². The van der Waals surface area contributed by atoms with E-state index in [0.29, 0.717) is 0 Å². The molecule has 94 valence electrons. The second kappa shape index (κ2) is 6.61. The third kappa shape index (κ3) is 3.62. The van der Waals surface area contributed by atoms with Gasteiger partial charge < -0.3 is 5.32 Å². The van der Waals surface area contributed by atoms with Gasteiger partial charge >= 0.3 is 0 Å². The zero-order valence-corrected chi connectivity index (χ0v) is 11.6. The van der Waals surface area contributed by atoms with Crippen molar-refractivity contribution in [2.45, 2.75) is 23.3 Å². The lowest BCUT2D eigenvalue weighted by atomic mass is 10.4. The van der Waals surface area contributed by atoms with Gasteiger partial charge in [-0.2, -0.15) is 0 Å². The summed E-state index contributed by atoms with van der Waals surface area (Å²) in [6.45, 7) is 3.01. The van der Waals surface area contributed by atoms with Crippen molar-refractivity contribution in [3.05, 3.63) is 41.7 Å². The summed E-state index contributed by atoms with van der Waals surface area (Å²) >= 11 is 7.63. The minimum Gasteiger partial charge on any atom is -0.369 e. The Morgan fingerprint density at radius 1 is 1.28 bits per heavy atom. The molecule has 0 radical (unpaired) electrons. The number of aromatic nitrogens is 2. The van der Waals surface area contributed by atoms with Crippen molar-refractivity contribution in [3.8, 4) is 0 Å². The Morgan fingerprint density at radius 3 is 2.89 bits per heavy atom. The molecule has 0 fully saturated rings. The second-order valence-corrected chi connectivity index (χ2v) is 5.17. The average Bonchev–Trinajstić information content (AvgIpc) is 2.40. The molecule has 2 aromatic rings. The molecule has 0 aliphatic heterocycles. The number of hydrogen-bond donors (Lipinski definition) is 1. The lowest BCUT2D eigenvalue weighted by Gasteiger charge is -2.06. The third-order valence-electron chi connectivity index (χ3n) is 2.22. The SMILES string of the molecule is CCCNc1cncc(Sc2ccccc2Cl)n1. The molecule has 0 spiro atoms. The van der Waals surface area contributed by atoms with Gasteiger partial charge in [0, 0.05) is 11.4 Å². The van der Waals surface area contributed by atoms with E-state index in [1.165, 1.54) is 11.8 Å². The molecular weight excluding hydrogens is 266 g/mol. The fourth-order valence-corrected chi connectivity index (χ4v) is 2.42. The summed E-state index contributed by atoms with van der Waals surface area (Å²) in [7, 11) is 0. The van der Waals surface area contributed by atoms with Gasteiger partial charge in [0.1, 0.15) is 10.8 Å². The molecule has 0 amide bonds. The summed E-state index contributed by atoms with van der Waals surface area (Å²) in [4.78, 5) is 9.64. The molecule has 2 rings (SSSR count). The van der Waals surface area contributed by atoms with E-state index in [-0.39, 0.29) is 0 Å². The Bertz CT molecular complexity index is 519. The normalized spacial score (nSPS) is 10.3. The first-order chi connectivity index (χ1) is 8.79. The van der Waals surface area contributed by atoms with Crippen LogP contribution in [0.5, 0.6) is 0 Å². The van der Waals surface area contributed by atoms with Crippen LogP contribution < -0.4 is 5.32 Å². The smallest absolute Gasteiger partial charge is 0.145 e. The highest BCUT2D eigenvalue weighted by atomic mass is 35.5. The lowest BCUT2D eigenvalue weighted by Crippen LogP contribution is -2.02. The predicted molar refractivity (Wildman–Crippen MR) is 76.4 cm³/mol. The van der Waals surface area contributed by atoms with E-state index in [9.17, 15) is 0 Å². The van der Waals surface area contributed by atoms with Crippen molar-refractivity contribution in [1.29, 1.82) is 0 Å². The Labute approximate surface area is 116 Å². The van der Waals surface area contributed by atoms with Crippen LogP contribution >= 0.6 is 23.4 Å². The molecule has 0 unspecified atom stereocenters. The molecule has 18 heavy (non-hydrogen) atoms. The third-order valence-corrected chi connectivity index (χ3v) is 3.64. The van der Waals surface area contributed by atoms with Crippen LogP contribution in [0.2, 0.25) is 5.02 Å². The summed E-state index contributed by atoms with van der Waals surface area (Å²) in [5.41, 5.74) is 0. The molecule has 1 heterocycles. The van der Waals surface area contributed by atoms with Gasteiger partial charge in [0.15, 0.2) is 0 Å². The summed E-state index contributed by atoms with van der Waals surface area (Å²) in [6, 6.07) is 7.72. The Balaban J connectivity index is 2.12. The summed E-state index contributed by atoms with van der Waals surface area (Å²) < 4.78 is 0. The van der Waals surface area contributed by atoms with Gasteiger partial charge in [-0.05, 0) is 18.6 Å². The van der Waals surface area contributed by atoms with Crippen LogP contribution in [0.1, 0.15) is 13.3 Å². The number of hydrogen-bond acceptors (Lipinski definition) is 4. The Kier molecular flexibility index (Phi) is 4.84. The quantitative estimate of drug-likeness (QED) is 0.894. The van der Waals surface area contributed by atoms with Crippen LogP contribution in [0.25, 0.3) is 0 Å². The average molecular weight is 280 g/mol. The summed E-state index contributed by atoms with van der Waals surface area (Å²) in [6.07, 6.45) is 4.53. The Hall–Kier alpha value is -1.26. The van der Waals surface area contributed by atoms with Gasteiger partial charge in [-0.1, -0.05) is 42.4 Å². The van der Waals surface area contributed by atoms with Gasteiger partial charge in [0.25, 0.3) is 0 Å². The molecule has 3 nitrogen and oxygen atoms in total. The van der Waals surface area contributed by atoms with Crippen LogP contribution in [0.15, 0.2) is 46.6 Å². The topological polar surface area (TPSA) is 37.8 Å². The first kappa shape index (κ1) is 13.2. The van der Waals surface area contributed by atoms with Gasteiger partial charge in [0.05, 0.1) is 17.4 Å². The van der Waals surface area contributed by atoms with Crippen LogP contribution in [0.3, 0.4) is 0 Å². The van der Waals surface area contributed by atoms with Crippen molar-refractivity contribution in [3.63, 3.8) is 0 Å². The minimum atomic E-state index is 0.733. The standard InChI is InChI=1S/C13H14ClN3S/c1-2-7-16-12-8-15-9-13(17-12)18-11-6-4-3-5-10(11)14/h3-6,8-9H,2,7H2,1H3,(H,16,17). The summed E-state index contributed by atoms with van der Waals surface area (Å²) in [5.74, 6) is 0.800. The molecule has 0 aliphatic rings. The first-order valence-electron chi connectivity index (χ1n) is 5.78. The molecule has 0 aliphatic carbocycles. The highest BCUT2D eigenvalue weighted by Gasteiger charge is 2.04. The molecule has 0 bridgehead atoms. The lowest BCUT2D eigenvalue weighted by molar-refractivity contribution is 0.948. The number of anilines is 1. The van der Waals surface area contributed by atoms with Gasteiger partial charge in [-0.15, -0.1) is 0 Å². The van der Waals surface area contributed by atoms with E-state index >= 15 is 0 Å². The number of nitrogens with zero attached hydrogens (tertiary/aromatic N) is 2. The van der Waals surface area contributed by atoms with Crippen molar-refractivity contribution in [1.82, 2.24) is 9.97 Å².